The third-order valence-electron chi connectivity index (χ3n) is 6.04. The quantitative estimate of drug-likeness (QED) is 0.326. The molecule has 0 atom stereocenters. The summed E-state index contributed by atoms with van der Waals surface area (Å²) in [6.45, 7) is 8.33. The molecular weight excluding hydrogens is 399 g/mol. The number of hydrogen-bond acceptors (Lipinski definition) is 2. The highest BCUT2D eigenvalue weighted by atomic mass is 19.1. The maximum absolute atomic E-state index is 14.5. The summed E-state index contributed by atoms with van der Waals surface area (Å²) in [7, 11) is 0. The Hall–Kier alpha value is -3.11. The van der Waals surface area contributed by atoms with Crippen molar-refractivity contribution in [1.29, 1.82) is 0 Å². The Labute approximate surface area is 189 Å². The molecule has 1 heterocycles. The Kier molecular flexibility index (Phi) is 6.33. The molecule has 2 N–H and O–H groups in total. The Morgan fingerprint density at radius 2 is 1.56 bits per heavy atom. The summed E-state index contributed by atoms with van der Waals surface area (Å²) in [5, 5.41) is 1.02. The van der Waals surface area contributed by atoms with Crippen molar-refractivity contribution >= 4 is 16.6 Å². The molecule has 3 nitrogen and oxygen atoms in total. The van der Waals surface area contributed by atoms with Gasteiger partial charge in [-0.05, 0) is 29.2 Å². The average molecular weight is 431 g/mol. The molecule has 0 aliphatic heterocycles. The molecule has 4 aromatic rings. The predicted octanol–water partition coefficient (Wildman–Crippen LogP) is 6.47. The molecule has 0 bridgehead atoms. The van der Waals surface area contributed by atoms with E-state index >= 15 is 0 Å². The molecule has 0 aliphatic rings. The number of nitrogens with zero attached hydrogens (tertiary/aromatic N) is 1. The highest BCUT2D eigenvalue weighted by Crippen LogP contribution is 2.37. The van der Waals surface area contributed by atoms with E-state index in [4.69, 9.17) is 10.5 Å². The van der Waals surface area contributed by atoms with Crippen molar-refractivity contribution in [2.45, 2.75) is 45.8 Å². The predicted molar refractivity (Wildman–Crippen MR) is 130 cm³/mol. The largest absolute Gasteiger partial charge is 0.396 e. The summed E-state index contributed by atoms with van der Waals surface area (Å²) < 4.78 is 23.0. The number of nitrogens with two attached hydrogens (primary N) is 1. The van der Waals surface area contributed by atoms with Crippen molar-refractivity contribution in [3.63, 3.8) is 0 Å². The van der Waals surface area contributed by atoms with Crippen LogP contribution in [0.4, 0.5) is 10.1 Å². The number of halogens is 1. The molecule has 0 radical (unpaired) electrons. The number of aromatic nitrogens is 1. The van der Waals surface area contributed by atoms with E-state index in [1.54, 1.807) is 12.1 Å². The van der Waals surface area contributed by atoms with Gasteiger partial charge in [0.2, 0.25) is 0 Å². The van der Waals surface area contributed by atoms with E-state index in [-0.39, 0.29) is 16.9 Å². The number of rotatable bonds is 8. The molecule has 32 heavy (non-hydrogen) atoms. The van der Waals surface area contributed by atoms with Crippen LogP contribution in [0, 0.1) is 5.82 Å². The lowest BCUT2D eigenvalue weighted by atomic mass is 9.86. The lowest BCUT2D eigenvalue weighted by molar-refractivity contribution is 0.0798. The van der Waals surface area contributed by atoms with E-state index in [1.807, 2.05) is 36.4 Å². The maximum Gasteiger partial charge on any atom is 0.148 e. The lowest BCUT2D eigenvalue weighted by Crippen LogP contribution is -2.29. The first-order valence-electron chi connectivity index (χ1n) is 11.2. The number of fused-ring (bicyclic) bond motifs is 1. The van der Waals surface area contributed by atoms with E-state index in [0.717, 1.165) is 22.9 Å². The number of benzene rings is 3. The van der Waals surface area contributed by atoms with Gasteiger partial charge in [-0.2, -0.15) is 0 Å². The minimum atomic E-state index is -0.378. The van der Waals surface area contributed by atoms with Crippen molar-refractivity contribution in [3.05, 3.63) is 101 Å². The number of nitrogen functional groups attached to an aromatic ring is 1. The summed E-state index contributed by atoms with van der Waals surface area (Å²) in [6.07, 6.45) is 0.834. The van der Waals surface area contributed by atoms with Crippen LogP contribution in [-0.4, -0.2) is 11.2 Å². The number of ether oxygens (including phenoxy) is 1. The van der Waals surface area contributed by atoms with Crippen LogP contribution in [0.15, 0.2) is 72.8 Å². The molecule has 1 aromatic heterocycles. The first kappa shape index (κ1) is 22.1. The third-order valence-corrected chi connectivity index (χ3v) is 6.04. The van der Waals surface area contributed by atoms with Gasteiger partial charge in [0.1, 0.15) is 5.82 Å². The molecule has 4 rings (SSSR count). The van der Waals surface area contributed by atoms with Crippen molar-refractivity contribution in [1.82, 2.24) is 4.57 Å². The fourth-order valence-corrected chi connectivity index (χ4v) is 4.58. The van der Waals surface area contributed by atoms with Gasteiger partial charge >= 0.3 is 0 Å². The van der Waals surface area contributed by atoms with Gasteiger partial charge in [-0.1, -0.05) is 81.4 Å². The Balaban J connectivity index is 1.77. The summed E-state index contributed by atoms with van der Waals surface area (Å²) >= 11 is 0. The van der Waals surface area contributed by atoms with Gasteiger partial charge in [0, 0.05) is 29.1 Å². The zero-order chi connectivity index (χ0) is 22.7. The fraction of sp³-hybridized carbons (Fsp3) is 0.286. The maximum atomic E-state index is 14.5. The van der Waals surface area contributed by atoms with Gasteiger partial charge < -0.3 is 15.0 Å². The number of anilines is 1. The number of aryl methyl sites for hydroxylation is 1. The van der Waals surface area contributed by atoms with Gasteiger partial charge in [-0.3, -0.25) is 0 Å². The summed E-state index contributed by atoms with van der Waals surface area (Å²) in [6, 6.07) is 23.9. The van der Waals surface area contributed by atoms with E-state index in [1.165, 1.54) is 16.8 Å². The van der Waals surface area contributed by atoms with Gasteiger partial charge in [0.15, 0.2) is 0 Å². The smallest absolute Gasteiger partial charge is 0.148 e. The van der Waals surface area contributed by atoms with Gasteiger partial charge in [0.25, 0.3) is 0 Å². The molecular formula is C28H31FN2O. The summed E-state index contributed by atoms with van der Waals surface area (Å²) in [4.78, 5) is 0. The molecule has 0 saturated heterocycles. The van der Waals surface area contributed by atoms with E-state index in [9.17, 15) is 4.39 Å². The molecule has 0 spiro atoms. The summed E-state index contributed by atoms with van der Waals surface area (Å²) in [5.74, 6) is -0.378. The van der Waals surface area contributed by atoms with Crippen LogP contribution in [0.3, 0.4) is 0 Å². The van der Waals surface area contributed by atoms with E-state index in [0.29, 0.717) is 19.8 Å². The highest BCUT2D eigenvalue weighted by Gasteiger charge is 2.31. The number of hydrogen-bond donors (Lipinski definition) is 1. The molecule has 0 fully saturated rings. The van der Waals surface area contributed by atoms with Crippen LogP contribution in [-0.2, 0) is 29.7 Å². The fourth-order valence-electron chi connectivity index (χ4n) is 4.58. The molecule has 0 amide bonds. The second-order valence-electron chi connectivity index (χ2n) is 9.01. The molecule has 4 heteroatoms. The minimum Gasteiger partial charge on any atom is -0.396 e. The molecule has 166 valence electrons. The van der Waals surface area contributed by atoms with Crippen LogP contribution in [0.2, 0.25) is 0 Å². The van der Waals surface area contributed by atoms with Crippen molar-refractivity contribution in [3.8, 4) is 0 Å². The lowest BCUT2D eigenvalue weighted by Gasteiger charge is -2.29. The van der Waals surface area contributed by atoms with Crippen LogP contribution in [0.25, 0.3) is 10.9 Å². The van der Waals surface area contributed by atoms with E-state index < -0.39 is 0 Å². The molecule has 0 saturated carbocycles. The van der Waals surface area contributed by atoms with E-state index in [2.05, 4.69) is 49.6 Å². The van der Waals surface area contributed by atoms with Crippen LogP contribution in [0.1, 0.15) is 43.2 Å². The van der Waals surface area contributed by atoms with Crippen LogP contribution < -0.4 is 5.73 Å². The third kappa shape index (κ3) is 4.42. The second-order valence-corrected chi connectivity index (χ2v) is 9.01. The highest BCUT2D eigenvalue weighted by molar-refractivity contribution is 5.89. The van der Waals surface area contributed by atoms with Crippen molar-refractivity contribution in [2.24, 2.45) is 0 Å². The zero-order valence-electron chi connectivity index (χ0n) is 19.1. The van der Waals surface area contributed by atoms with Gasteiger partial charge in [-0.15, -0.1) is 0 Å². The van der Waals surface area contributed by atoms with Gasteiger partial charge in [0.05, 0.1) is 24.4 Å². The normalized spacial score (nSPS) is 11.9. The monoisotopic (exact) mass is 430 g/mol. The Bertz CT molecular complexity index is 1200. The first-order valence-corrected chi connectivity index (χ1v) is 11.2. The van der Waals surface area contributed by atoms with Gasteiger partial charge in [-0.25, -0.2) is 4.39 Å². The molecule has 3 aromatic carbocycles. The van der Waals surface area contributed by atoms with Crippen molar-refractivity contribution < 1.29 is 9.13 Å². The zero-order valence-corrected chi connectivity index (χ0v) is 19.1. The average Bonchev–Trinajstić information content (AvgIpc) is 3.08. The Morgan fingerprint density at radius 1 is 0.938 bits per heavy atom. The topological polar surface area (TPSA) is 40.2 Å². The Morgan fingerprint density at radius 3 is 2.19 bits per heavy atom. The van der Waals surface area contributed by atoms with Crippen LogP contribution in [0.5, 0.6) is 0 Å². The van der Waals surface area contributed by atoms with Crippen LogP contribution >= 0.6 is 0 Å². The standard InChI is InChI=1S/C28H31FN2O/c1-4-22-23-15-25(30)24(29)16-26(23)31(17-20-11-7-5-8-12-20)27(22)28(2,3)19-32-18-21-13-9-6-10-14-21/h5-16H,4,17-19,30H2,1-3H3. The SMILES string of the molecule is CCc1c(C(C)(C)COCc2ccccc2)n(Cc2ccccc2)c2cc(F)c(N)cc12. The summed E-state index contributed by atoms with van der Waals surface area (Å²) in [5.41, 5.74) is 11.5. The molecule has 0 aliphatic carbocycles. The second kappa shape index (κ2) is 9.17. The van der Waals surface area contributed by atoms with Crippen molar-refractivity contribution in [2.75, 3.05) is 12.3 Å². The minimum absolute atomic E-state index is 0.189. The molecule has 0 unspecified atom stereocenters. The first-order chi connectivity index (χ1) is 15.4.